The van der Waals surface area contributed by atoms with Crippen LogP contribution in [0.2, 0.25) is 0 Å². The van der Waals surface area contributed by atoms with Crippen LogP contribution in [0.1, 0.15) is 10.4 Å². The topological polar surface area (TPSA) is 107 Å². The number of nitrogens with one attached hydrogen (secondary N) is 2. The molecule has 1 aromatic carbocycles. The molecule has 0 aliphatic rings. The fourth-order valence-electron chi connectivity index (χ4n) is 2.54. The summed E-state index contributed by atoms with van der Waals surface area (Å²) in [6.45, 7) is 0. The molecule has 4 aromatic rings. The van der Waals surface area contributed by atoms with E-state index < -0.39 is 0 Å². The van der Waals surface area contributed by atoms with Crippen LogP contribution in [0.4, 0.5) is 17.2 Å². The molecular weight excluding hydrogens is 370 g/mol. The summed E-state index contributed by atoms with van der Waals surface area (Å²) in [5.41, 5.74) is 1.92. The summed E-state index contributed by atoms with van der Waals surface area (Å²) in [7, 11) is 1.52. The number of aromatic nitrogens is 5. The van der Waals surface area contributed by atoms with E-state index in [9.17, 15) is 4.79 Å². The molecule has 29 heavy (non-hydrogen) atoms. The highest BCUT2D eigenvalue weighted by Gasteiger charge is 2.07. The van der Waals surface area contributed by atoms with Crippen molar-refractivity contribution in [2.75, 3.05) is 17.7 Å². The molecule has 9 heteroatoms. The number of carbonyl (C=O) groups excluding carboxylic acids is 1. The molecule has 0 atom stereocenters. The fourth-order valence-corrected chi connectivity index (χ4v) is 2.54. The molecular formula is C20H17N7O2. The van der Waals surface area contributed by atoms with E-state index in [0.717, 1.165) is 5.69 Å². The molecule has 0 spiro atoms. The van der Waals surface area contributed by atoms with Crippen molar-refractivity contribution in [3.63, 3.8) is 0 Å². The van der Waals surface area contributed by atoms with Gasteiger partial charge >= 0.3 is 0 Å². The zero-order valence-corrected chi connectivity index (χ0v) is 15.5. The Morgan fingerprint density at radius 2 is 1.83 bits per heavy atom. The molecule has 2 N–H and O–H groups in total. The van der Waals surface area contributed by atoms with E-state index in [0.29, 0.717) is 28.8 Å². The van der Waals surface area contributed by atoms with Crippen LogP contribution in [0.3, 0.4) is 0 Å². The van der Waals surface area contributed by atoms with E-state index in [-0.39, 0.29) is 5.91 Å². The zero-order valence-electron chi connectivity index (χ0n) is 15.5. The van der Waals surface area contributed by atoms with Gasteiger partial charge < -0.3 is 15.4 Å². The van der Waals surface area contributed by atoms with E-state index >= 15 is 0 Å². The summed E-state index contributed by atoms with van der Waals surface area (Å²) in [6.07, 6.45) is 4.95. The number of carbonyl (C=O) groups is 1. The Balaban J connectivity index is 1.38. The lowest BCUT2D eigenvalue weighted by molar-refractivity contribution is 0.102. The molecule has 144 valence electrons. The number of rotatable bonds is 6. The standard InChI is InChI=1S/C20H17N7O2/c1-29-19-10-3-14(13-21-19)20(28)24-16-6-4-15(5-7-16)23-17-8-9-18(26-25-17)27-12-2-11-22-27/h2-13H,1H3,(H,23,25)(H,24,28). The predicted molar refractivity (Wildman–Crippen MR) is 108 cm³/mol. The van der Waals surface area contributed by atoms with Gasteiger partial charge in [0.05, 0.1) is 12.7 Å². The Morgan fingerprint density at radius 1 is 1.00 bits per heavy atom. The first kappa shape index (κ1) is 18.1. The monoisotopic (exact) mass is 387 g/mol. The molecule has 0 fully saturated rings. The minimum atomic E-state index is -0.249. The van der Waals surface area contributed by atoms with Gasteiger partial charge in [0.15, 0.2) is 11.6 Å². The van der Waals surface area contributed by atoms with Crippen LogP contribution in [-0.4, -0.2) is 38.0 Å². The third-order valence-electron chi connectivity index (χ3n) is 4.01. The molecule has 0 saturated heterocycles. The molecule has 1 amide bonds. The molecule has 4 rings (SSSR count). The molecule has 3 aromatic heterocycles. The Bertz CT molecular complexity index is 1080. The zero-order chi connectivity index (χ0) is 20.1. The van der Waals surface area contributed by atoms with Crippen LogP contribution in [0.15, 0.2) is 73.2 Å². The Hall–Kier alpha value is -4.27. The van der Waals surface area contributed by atoms with Crippen molar-refractivity contribution in [3.05, 3.63) is 78.8 Å². The van der Waals surface area contributed by atoms with E-state index in [1.807, 2.05) is 30.3 Å². The van der Waals surface area contributed by atoms with Crippen molar-refractivity contribution < 1.29 is 9.53 Å². The SMILES string of the molecule is COc1ccc(C(=O)Nc2ccc(Nc3ccc(-n4cccn4)nn3)cc2)cn1. The van der Waals surface area contributed by atoms with Crippen molar-refractivity contribution in [3.8, 4) is 11.7 Å². The number of nitrogens with zero attached hydrogens (tertiary/aromatic N) is 5. The third-order valence-corrected chi connectivity index (χ3v) is 4.01. The molecule has 0 radical (unpaired) electrons. The molecule has 0 aliphatic heterocycles. The molecule has 3 heterocycles. The average Bonchev–Trinajstić information content (AvgIpc) is 3.31. The summed E-state index contributed by atoms with van der Waals surface area (Å²) in [6, 6.07) is 16.0. The van der Waals surface area contributed by atoms with Gasteiger partial charge in [0.2, 0.25) is 5.88 Å². The van der Waals surface area contributed by atoms with Gasteiger partial charge in [-0.05, 0) is 48.5 Å². The maximum atomic E-state index is 12.3. The van der Waals surface area contributed by atoms with Crippen LogP contribution in [0, 0.1) is 0 Å². The predicted octanol–water partition coefficient (Wildman–Crippen LogP) is 3.06. The lowest BCUT2D eigenvalue weighted by Gasteiger charge is -2.08. The highest BCUT2D eigenvalue weighted by molar-refractivity contribution is 6.04. The summed E-state index contributed by atoms with van der Waals surface area (Å²) >= 11 is 0. The maximum Gasteiger partial charge on any atom is 0.257 e. The number of ether oxygens (including phenoxy) is 1. The Kier molecular flexibility index (Phi) is 5.10. The first-order valence-electron chi connectivity index (χ1n) is 8.73. The number of hydrogen-bond donors (Lipinski definition) is 2. The number of methoxy groups -OCH3 is 1. The third kappa shape index (κ3) is 4.35. The number of amides is 1. The number of hydrogen-bond acceptors (Lipinski definition) is 7. The fraction of sp³-hybridized carbons (Fsp3) is 0.0500. The van der Waals surface area contributed by atoms with Crippen molar-refractivity contribution in [2.24, 2.45) is 0 Å². The molecule has 0 bridgehead atoms. The van der Waals surface area contributed by atoms with E-state index in [2.05, 4.69) is 30.9 Å². The van der Waals surface area contributed by atoms with E-state index in [1.165, 1.54) is 13.3 Å². The van der Waals surface area contributed by atoms with E-state index in [1.54, 1.807) is 41.3 Å². The minimum Gasteiger partial charge on any atom is -0.481 e. The van der Waals surface area contributed by atoms with Crippen LogP contribution in [0.25, 0.3) is 5.82 Å². The summed E-state index contributed by atoms with van der Waals surface area (Å²) in [4.78, 5) is 16.3. The lowest BCUT2D eigenvalue weighted by atomic mass is 10.2. The van der Waals surface area contributed by atoms with Gasteiger partial charge in [0, 0.05) is 36.0 Å². The van der Waals surface area contributed by atoms with Gasteiger partial charge in [0.25, 0.3) is 5.91 Å². The highest BCUT2D eigenvalue weighted by atomic mass is 16.5. The number of anilines is 3. The molecule has 9 nitrogen and oxygen atoms in total. The quantitative estimate of drug-likeness (QED) is 0.523. The highest BCUT2D eigenvalue weighted by Crippen LogP contribution is 2.18. The van der Waals surface area contributed by atoms with Crippen molar-refractivity contribution in [1.29, 1.82) is 0 Å². The summed E-state index contributed by atoms with van der Waals surface area (Å²) in [5.74, 6) is 1.44. The van der Waals surface area contributed by atoms with Crippen molar-refractivity contribution in [2.45, 2.75) is 0 Å². The second kappa shape index (κ2) is 8.17. The van der Waals surface area contributed by atoms with Crippen LogP contribution in [0.5, 0.6) is 5.88 Å². The van der Waals surface area contributed by atoms with Gasteiger partial charge in [0.1, 0.15) is 0 Å². The van der Waals surface area contributed by atoms with Gasteiger partial charge in [-0.3, -0.25) is 4.79 Å². The van der Waals surface area contributed by atoms with Crippen LogP contribution in [-0.2, 0) is 0 Å². The Morgan fingerprint density at radius 3 is 2.45 bits per heavy atom. The van der Waals surface area contributed by atoms with Crippen molar-refractivity contribution in [1.82, 2.24) is 25.0 Å². The summed E-state index contributed by atoms with van der Waals surface area (Å²) in [5, 5.41) is 18.4. The lowest BCUT2D eigenvalue weighted by Crippen LogP contribution is -2.12. The van der Waals surface area contributed by atoms with Gasteiger partial charge in [-0.15, -0.1) is 10.2 Å². The van der Waals surface area contributed by atoms with E-state index in [4.69, 9.17) is 4.74 Å². The second-order valence-electron chi connectivity index (χ2n) is 5.97. The van der Waals surface area contributed by atoms with Gasteiger partial charge in [-0.1, -0.05) is 0 Å². The maximum absolute atomic E-state index is 12.3. The number of benzene rings is 1. The first-order valence-corrected chi connectivity index (χ1v) is 8.73. The smallest absolute Gasteiger partial charge is 0.257 e. The second-order valence-corrected chi connectivity index (χ2v) is 5.97. The first-order chi connectivity index (χ1) is 14.2. The van der Waals surface area contributed by atoms with Gasteiger partial charge in [-0.2, -0.15) is 5.10 Å². The molecule has 0 unspecified atom stereocenters. The summed E-state index contributed by atoms with van der Waals surface area (Å²) < 4.78 is 6.62. The molecule has 0 aliphatic carbocycles. The number of pyridine rings is 1. The van der Waals surface area contributed by atoms with Crippen molar-refractivity contribution >= 4 is 23.1 Å². The normalized spacial score (nSPS) is 10.4. The minimum absolute atomic E-state index is 0.249. The Labute approximate surface area is 166 Å². The average molecular weight is 387 g/mol. The molecule has 0 saturated carbocycles. The van der Waals surface area contributed by atoms with Crippen LogP contribution >= 0.6 is 0 Å². The largest absolute Gasteiger partial charge is 0.481 e. The van der Waals surface area contributed by atoms with Crippen LogP contribution < -0.4 is 15.4 Å². The van der Waals surface area contributed by atoms with Gasteiger partial charge in [-0.25, -0.2) is 9.67 Å².